The molecule has 6 heteroatoms. The number of amides is 1. The molecule has 3 rings (SSSR count). The second-order valence-electron chi connectivity index (χ2n) is 5.91. The lowest BCUT2D eigenvalue weighted by Gasteiger charge is -2.18. The molecule has 1 N–H and O–H groups in total. The summed E-state index contributed by atoms with van der Waals surface area (Å²) < 4.78 is 7.22. The van der Waals surface area contributed by atoms with E-state index >= 15 is 0 Å². The largest absolute Gasteiger partial charge is 0.448 e. The maximum absolute atomic E-state index is 12.5. The normalized spacial score (nSPS) is 13.0. The molecule has 2 aromatic heterocycles. The van der Waals surface area contributed by atoms with Gasteiger partial charge in [-0.2, -0.15) is 0 Å². The predicted molar refractivity (Wildman–Crippen MR) is 102 cm³/mol. The topological polar surface area (TPSA) is 60.3 Å². The molecule has 0 aliphatic heterocycles. The molecule has 0 saturated carbocycles. The Balaban J connectivity index is 1.63. The zero-order chi connectivity index (χ0) is 18.5. The van der Waals surface area contributed by atoms with Crippen molar-refractivity contribution in [1.82, 2.24) is 9.88 Å². The van der Waals surface area contributed by atoms with Gasteiger partial charge in [-0.3, -0.25) is 4.79 Å². The number of hydrogen-bond acceptors (Lipinski definition) is 4. The zero-order valence-corrected chi connectivity index (χ0v) is 15.4. The fraction of sp³-hybridized carbons (Fsp3) is 0.200. The summed E-state index contributed by atoms with van der Waals surface area (Å²) in [5, 5.41) is 4.70. The zero-order valence-electron chi connectivity index (χ0n) is 14.6. The van der Waals surface area contributed by atoms with E-state index in [2.05, 4.69) is 5.32 Å². The van der Waals surface area contributed by atoms with Gasteiger partial charge in [0.2, 0.25) is 0 Å². The minimum absolute atomic E-state index is 0.165. The molecule has 0 spiro atoms. The summed E-state index contributed by atoms with van der Waals surface area (Å²) in [7, 11) is 0. The molecule has 2 atom stereocenters. The molecule has 0 aliphatic rings. The number of ether oxygens (including phenoxy) is 1. The van der Waals surface area contributed by atoms with Crippen molar-refractivity contribution in [2.24, 2.45) is 0 Å². The van der Waals surface area contributed by atoms with E-state index in [9.17, 15) is 9.59 Å². The molecule has 0 bridgehead atoms. The number of hydrogen-bond donors (Lipinski definition) is 1. The fourth-order valence-electron chi connectivity index (χ4n) is 2.58. The van der Waals surface area contributed by atoms with Gasteiger partial charge in [0.05, 0.1) is 11.7 Å². The summed E-state index contributed by atoms with van der Waals surface area (Å²) in [6, 6.07) is 15.1. The number of nitrogens with zero attached hydrogens (tertiary/aromatic N) is 1. The SMILES string of the molecule is CC(OC(=O)c1sccc1-n1cccc1)C(=O)NC(C)c1ccccc1. The van der Waals surface area contributed by atoms with Crippen molar-refractivity contribution in [3.63, 3.8) is 0 Å². The Morgan fingerprint density at radius 2 is 1.73 bits per heavy atom. The van der Waals surface area contributed by atoms with Crippen LogP contribution in [0.1, 0.15) is 35.1 Å². The molecule has 5 nitrogen and oxygen atoms in total. The Labute approximate surface area is 156 Å². The highest BCUT2D eigenvalue weighted by molar-refractivity contribution is 7.12. The Morgan fingerprint density at radius 1 is 1.04 bits per heavy atom. The molecule has 1 amide bonds. The van der Waals surface area contributed by atoms with E-state index in [0.29, 0.717) is 4.88 Å². The van der Waals surface area contributed by atoms with Crippen molar-refractivity contribution in [2.45, 2.75) is 26.0 Å². The lowest BCUT2D eigenvalue weighted by atomic mass is 10.1. The van der Waals surface area contributed by atoms with Crippen molar-refractivity contribution in [1.29, 1.82) is 0 Å². The first-order valence-corrected chi connectivity index (χ1v) is 9.21. The van der Waals surface area contributed by atoms with Crippen LogP contribution in [-0.4, -0.2) is 22.5 Å². The molecule has 0 aliphatic carbocycles. The molecule has 134 valence electrons. The van der Waals surface area contributed by atoms with Crippen LogP contribution in [0.5, 0.6) is 0 Å². The highest BCUT2D eigenvalue weighted by Crippen LogP contribution is 2.23. The van der Waals surface area contributed by atoms with E-state index in [1.807, 2.05) is 77.8 Å². The van der Waals surface area contributed by atoms with Crippen LogP contribution in [0.15, 0.2) is 66.3 Å². The van der Waals surface area contributed by atoms with Crippen LogP contribution in [0.4, 0.5) is 0 Å². The van der Waals surface area contributed by atoms with Gasteiger partial charge < -0.3 is 14.6 Å². The van der Waals surface area contributed by atoms with Crippen LogP contribution in [0.25, 0.3) is 5.69 Å². The minimum Gasteiger partial charge on any atom is -0.448 e. The molecule has 1 aromatic carbocycles. The number of thiophene rings is 1. The van der Waals surface area contributed by atoms with Crippen LogP contribution in [-0.2, 0) is 9.53 Å². The van der Waals surface area contributed by atoms with Crippen molar-refractivity contribution < 1.29 is 14.3 Å². The monoisotopic (exact) mass is 368 g/mol. The Hall–Kier alpha value is -2.86. The average Bonchev–Trinajstić information content (AvgIpc) is 3.33. The number of carbonyl (C=O) groups excluding carboxylic acids is 2. The lowest BCUT2D eigenvalue weighted by Crippen LogP contribution is -2.37. The first kappa shape index (κ1) is 17.9. The summed E-state index contributed by atoms with van der Waals surface area (Å²) in [6.07, 6.45) is 2.83. The van der Waals surface area contributed by atoms with Crippen LogP contribution < -0.4 is 5.32 Å². The highest BCUT2D eigenvalue weighted by atomic mass is 32.1. The van der Waals surface area contributed by atoms with E-state index in [-0.39, 0.29) is 11.9 Å². The quantitative estimate of drug-likeness (QED) is 0.670. The number of nitrogens with one attached hydrogen (secondary N) is 1. The molecular weight excluding hydrogens is 348 g/mol. The van der Waals surface area contributed by atoms with Gasteiger partial charge in [-0.15, -0.1) is 11.3 Å². The van der Waals surface area contributed by atoms with Gasteiger partial charge in [0, 0.05) is 12.4 Å². The lowest BCUT2D eigenvalue weighted by molar-refractivity contribution is -0.129. The summed E-state index contributed by atoms with van der Waals surface area (Å²) >= 11 is 1.29. The van der Waals surface area contributed by atoms with Gasteiger partial charge in [0.15, 0.2) is 6.10 Å². The van der Waals surface area contributed by atoms with Gasteiger partial charge >= 0.3 is 5.97 Å². The molecule has 3 aromatic rings. The molecule has 0 radical (unpaired) electrons. The fourth-order valence-corrected chi connectivity index (χ4v) is 3.35. The summed E-state index contributed by atoms with van der Waals surface area (Å²) in [5.41, 5.74) is 1.74. The standard InChI is InChI=1S/C20H20N2O3S/c1-14(16-8-4-3-5-9-16)21-19(23)15(2)25-20(24)18-17(10-13-26-18)22-11-6-7-12-22/h3-15H,1-2H3,(H,21,23). The van der Waals surface area contributed by atoms with Gasteiger partial charge in [-0.1, -0.05) is 30.3 Å². The second kappa shape index (κ2) is 8.01. The van der Waals surface area contributed by atoms with E-state index < -0.39 is 12.1 Å². The summed E-state index contributed by atoms with van der Waals surface area (Å²) in [6.45, 7) is 3.47. The van der Waals surface area contributed by atoms with Crippen molar-refractivity contribution in [3.8, 4) is 5.69 Å². The van der Waals surface area contributed by atoms with Crippen LogP contribution in [0, 0.1) is 0 Å². The third kappa shape index (κ3) is 4.03. The maximum atomic E-state index is 12.5. The number of rotatable bonds is 6. The van der Waals surface area contributed by atoms with Crippen LogP contribution in [0.2, 0.25) is 0 Å². The second-order valence-corrected chi connectivity index (χ2v) is 6.83. The Kier molecular flexibility index (Phi) is 5.53. The molecule has 2 heterocycles. The average molecular weight is 368 g/mol. The molecule has 0 fully saturated rings. The van der Waals surface area contributed by atoms with Crippen LogP contribution >= 0.6 is 11.3 Å². The first-order chi connectivity index (χ1) is 12.6. The van der Waals surface area contributed by atoms with Gasteiger partial charge in [0.25, 0.3) is 5.91 Å². The van der Waals surface area contributed by atoms with Crippen molar-refractivity contribution >= 4 is 23.2 Å². The first-order valence-electron chi connectivity index (χ1n) is 8.33. The number of esters is 1. The number of carbonyl (C=O) groups is 2. The van der Waals surface area contributed by atoms with Gasteiger partial charge in [-0.05, 0) is 43.0 Å². The van der Waals surface area contributed by atoms with E-state index in [0.717, 1.165) is 11.3 Å². The van der Waals surface area contributed by atoms with E-state index in [1.54, 1.807) is 6.92 Å². The molecule has 0 saturated heterocycles. The molecule has 2 unspecified atom stereocenters. The van der Waals surface area contributed by atoms with Crippen molar-refractivity contribution in [2.75, 3.05) is 0 Å². The maximum Gasteiger partial charge on any atom is 0.351 e. The van der Waals surface area contributed by atoms with Crippen molar-refractivity contribution in [3.05, 3.63) is 76.7 Å². The minimum atomic E-state index is -0.881. The number of benzene rings is 1. The molecular formula is C20H20N2O3S. The number of aromatic nitrogens is 1. The van der Waals surface area contributed by atoms with E-state index in [1.165, 1.54) is 11.3 Å². The Bertz CT molecular complexity index is 872. The Morgan fingerprint density at radius 3 is 2.42 bits per heavy atom. The van der Waals surface area contributed by atoms with Crippen LogP contribution in [0.3, 0.4) is 0 Å². The summed E-state index contributed by atoms with van der Waals surface area (Å²) in [4.78, 5) is 25.3. The third-order valence-electron chi connectivity index (χ3n) is 4.02. The third-order valence-corrected chi connectivity index (χ3v) is 4.91. The van der Waals surface area contributed by atoms with Gasteiger partial charge in [-0.25, -0.2) is 4.79 Å². The molecule has 26 heavy (non-hydrogen) atoms. The predicted octanol–water partition coefficient (Wildman–Crippen LogP) is 3.96. The summed E-state index contributed by atoms with van der Waals surface area (Å²) in [5.74, 6) is -0.826. The van der Waals surface area contributed by atoms with E-state index in [4.69, 9.17) is 4.74 Å². The highest BCUT2D eigenvalue weighted by Gasteiger charge is 2.23. The smallest absolute Gasteiger partial charge is 0.351 e. The van der Waals surface area contributed by atoms with Gasteiger partial charge in [0.1, 0.15) is 4.88 Å².